The number of methoxy groups -OCH3 is 1. The maximum absolute atomic E-state index is 5.54. The SMILES string of the molecule is COc1cc(NC2CCOC2)nc(N)n1. The number of ether oxygens (including phenoxy) is 2. The van der Waals surface area contributed by atoms with Gasteiger partial charge in [-0.2, -0.15) is 9.97 Å². The van der Waals surface area contributed by atoms with E-state index in [9.17, 15) is 0 Å². The van der Waals surface area contributed by atoms with Crippen molar-refractivity contribution in [1.29, 1.82) is 0 Å². The number of hydrogen-bond donors (Lipinski definition) is 2. The molecule has 0 bridgehead atoms. The van der Waals surface area contributed by atoms with Gasteiger partial charge in [0.25, 0.3) is 0 Å². The third kappa shape index (κ3) is 2.47. The molecule has 82 valence electrons. The minimum atomic E-state index is 0.204. The Labute approximate surface area is 87.8 Å². The average molecular weight is 210 g/mol. The molecular weight excluding hydrogens is 196 g/mol. The van der Waals surface area contributed by atoms with Crippen molar-refractivity contribution < 1.29 is 9.47 Å². The maximum atomic E-state index is 5.54. The summed E-state index contributed by atoms with van der Waals surface area (Å²) in [6.45, 7) is 1.49. The third-order valence-electron chi connectivity index (χ3n) is 2.21. The van der Waals surface area contributed by atoms with E-state index in [-0.39, 0.29) is 5.95 Å². The normalized spacial score (nSPS) is 20.2. The fraction of sp³-hybridized carbons (Fsp3) is 0.556. The Morgan fingerprint density at radius 2 is 2.47 bits per heavy atom. The summed E-state index contributed by atoms with van der Waals surface area (Å²) >= 11 is 0. The average Bonchev–Trinajstić information content (AvgIpc) is 2.69. The van der Waals surface area contributed by atoms with E-state index < -0.39 is 0 Å². The summed E-state index contributed by atoms with van der Waals surface area (Å²) in [4.78, 5) is 7.97. The van der Waals surface area contributed by atoms with Crippen LogP contribution < -0.4 is 15.8 Å². The van der Waals surface area contributed by atoms with Gasteiger partial charge in [0.2, 0.25) is 11.8 Å². The molecule has 0 radical (unpaired) electrons. The summed E-state index contributed by atoms with van der Waals surface area (Å²) in [5.41, 5.74) is 5.54. The molecule has 1 aromatic rings. The summed E-state index contributed by atoms with van der Waals surface area (Å²) in [6.07, 6.45) is 0.978. The van der Waals surface area contributed by atoms with Crippen LogP contribution in [-0.2, 0) is 4.74 Å². The van der Waals surface area contributed by atoms with E-state index in [1.54, 1.807) is 13.2 Å². The van der Waals surface area contributed by atoms with Gasteiger partial charge in [0.15, 0.2) is 0 Å². The van der Waals surface area contributed by atoms with Crippen LogP contribution in [0.15, 0.2) is 6.07 Å². The second-order valence-electron chi connectivity index (χ2n) is 3.36. The van der Waals surface area contributed by atoms with Crippen molar-refractivity contribution in [1.82, 2.24) is 9.97 Å². The molecule has 1 aliphatic rings. The van der Waals surface area contributed by atoms with Gasteiger partial charge in [0.05, 0.1) is 19.8 Å². The molecule has 0 aliphatic carbocycles. The van der Waals surface area contributed by atoms with E-state index in [1.165, 1.54) is 0 Å². The van der Waals surface area contributed by atoms with Crippen LogP contribution in [-0.4, -0.2) is 36.3 Å². The minimum Gasteiger partial charge on any atom is -0.481 e. The summed E-state index contributed by atoms with van der Waals surface area (Å²) < 4.78 is 10.2. The molecule has 1 unspecified atom stereocenters. The van der Waals surface area contributed by atoms with Crippen LogP contribution in [0.4, 0.5) is 11.8 Å². The molecule has 0 saturated carbocycles. The topological polar surface area (TPSA) is 82.3 Å². The van der Waals surface area contributed by atoms with Gasteiger partial charge in [-0.1, -0.05) is 0 Å². The lowest BCUT2D eigenvalue weighted by molar-refractivity contribution is 0.195. The lowest BCUT2D eigenvalue weighted by Gasteiger charge is -2.11. The molecule has 0 amide bonds. The Kier molecular flexibility index (Phi) is 2.86. The van der Waals surface area contributed by atoms with Crippen LogP contribution in [0.5, 0.6) is 5.88 Å². The van der Waals surface area contributed by atoms with E-state index in [0.717, 1.165) is 13.0 Å². The van der Waals surface area contributed by atoms with Crippen molar-refractivity contribution >= 4 is 11.8 Å². The van der Waals surface area contributed by atoms with Crippen LogP contribution in [0.2, 0.25) is 0 Å². The molecule has 1 fully saturated rings. The number of anilines is 2. The van der Waals surface area contributed by atoms with E-state index in [1.807, 2.05) is 0 Å². The first-order valence-corrected chi connectivity index (χ1v) is 4.81. The van der Waals surface area contributed by atoms with Crippen molar-refractivity contribution in [3.05, 3.63) is 6.07 Å². The summed E-state index contributed by atoms with van der Waals surface area (Å²) in [5, 5.41) is 3.22. The molecule has 1 aliphatic heterocycles. The molecule has 0 spiro atoms. The van der Waals surface area contributed by atoms with Crippen molar-refractivity contribution in [3.8, 4) is 5.88 Å². The zero-order chi connectivity index (χ0) is 10.7. The summed E-state index contributed by atoms with van der Waals surface area (Å²) in [5.74, 6) is 1.34. The fourth-order valence-corrected chi connectivity index (χ4v) is 1.48. The summed E-state index contributed by atoms with van der Waals surface area (Å²) in [6, 6.07) is 2.01. The molecule has 6 heteroatoms. The van der Waals surface area contributed by atoms with E-state index in [2.05, 4.69) is 15.3 Å². The van der Waals surface area contributed by atoms with Gasteiger partial charge in [-0.05, 0) is 6.42 Å². The minimum absolute atomic E-state index is 0.204. The van der Waals surface area contributed by atoms with Crippen molar-refractivity contribution in [2.24, 2.45) is 0 Å². The smallest absolute Gasteiger partial charge is 0.225 e. The molecule has 3 N–H and O–H groups in total. The van der Waals surface area contributed by atoms with Crippen LogP contribution in [0.25, 0.3) is 0 Å². The standard InChI is InChI=1S/C9H14N4O2/c1-14-8-4-7(12-9(10)13-8)11-6-2-3-15-5-6/h4,6H,2-3,5H2,1H3,(H3,10,11,12,13). The Balaban J connectivity index is 2.09. The number of nitrogens with two attached hydrogens (primary N) is 1. The highest BCUT2D eigenvalue weighted by Crippen LogP contribution is 2.17. The molecule has 15 heavy (non-hydrogen) atoms. The van der Waals surface area contributed by atoms with Gasteiger partial charge in [0, 0.05) is 12.7 Å². The van der Waals surface area contributed by atoms with Crippen molar-refractivity contribution in [2.45, 2.75) is 12.5 Å². The zero-order valence-electron chi connectivity index (χ0n) is 8.56. The van der Waals surface area contributed by atoms with Gasteiger partial charge in [-0.3, -0.25) is 0 Å². The lowest BCUT2D eigenvalue weighted by atomic mass is 10.2. The molecule has 2 rings (SSSR count). The monoisotopic (exact) mass is 210 g/mol. The Hall–Kier alpha value is -1.56. The van der Waals surface area contributed by atoms with Crippen LogP contribution in [0.1, 0.15) is 6.42 Å². The zero-order valence-corrected chi connectivity index (χ0v) is 8.56. The largest absolute Gasteiger partial charge is 0.481 e. The van der Waals surface area contributed by atoms with Crippen LogP contribution >= 0.6 is 0 Å². The Bertz CT molecular complexity index is 339. The predicted octanol–water partition coefficient (Wildman–Crippen LogP) is 0.268. The number of hydrogen-bond acceptors (Lipinski definition) is 6. The van der Waals surface area contributed by atoms with E-state index in [4.69, 9.17) is 15.2 Å². The number of rotatable bonds is 3. The van der Waals surface area contributed by atoms with Crippen molar-refractivity contribution in [2.75, 3.05) is 31.4 Å². The maximum Gasteiger partial charge on any atom is 0.225 e. The highest BCUT2D eigenvalue weighted by Gasteiger charge is 2.16. The molecule has 1 saturated heterocycles. The second-order valence-corrected chi connectivity index (χ2v) is 3.36. The molecule has 1 atom stereocenters. The lowest BCUT2D eigenvalue weighted by Crippen LogP contribution is -2.20. The molecule has 2 heterocycles. The summed E-state index contributed by atoms with van der Waals surface area (Å²) in [7, 11) is 1.55. The number of nitrogens with one attached hydrogen (secondary N) is 1. The van der Waals surface area contributed by atoms with E-state index in [0.29, 0.717) is 24.3 Å². The number of nitrogens with zero attached hydrogens (tertiary/aromatic N) is 2. The second kappa shape index (κ2) is 4.31. The van der Waals surface area contributed by atoms with Gasteiger partial charge in [-0.15, -0.1) is 0 Å². The molecule has 0 aromatic carbocycles. The molecule has 6 nitrogen and oxygen atoms in total. The third-order valence-corrected chi connectivity index (χ3v) is 2.21. The first-order chi connectivity index (χ1) is 7.28. The van der Waals surface area contributed by atoms with Gasteiger partial charge in [-0.25, -0.2) is 0 Å². The number of nitrogen functional groups attached to an aromatic ring is 1. The quantitative estimate of drug-likeness (QED) is 0.745. The Morgan fingerprint density at radius 3 is 3.13 bits per heavy atom. The number of aromatic nitrogens is 2. The molecule has 1 aromatic heterocycles. The molecular formula is C9H14N4O2. The Morgan fingerprint density at radius 1 is 1.60 bits per heavy atom. The highest BCUT2D eigenvalue weighted by atomic mass is 16.5. The first kappa shape index (κ1) is 9.97. The van der Waals surface area contributed by atoms with E-state index >= 15 is 0 Å². The van der Waals surface area contributed by atoms with Crippen molar-refractivity contribution in [3.63, 3.8) is 0 Å². The van der Waals surface area contributed by atoms with Gasteiger partial charge in [0.1, 0.15) is 5.82 Å². The fourth-order valence-electron chi connectivity index (χ4n) is 1.48. The van der Waals surface area contributed by atoms with Crippen LogP contribution in [0, 0.1) is 0 Å². The highest BCUT2D eigenvalue weighted by molar-refractivity contribution is 5.43. The first-order valence-electron chi connectivity index (χ1n) is 4.81. The van der Waals surface area contributed by atoms with Gasteiger partial charge < -0.3 is 20.5 Å². The van der Waals surface area contributed by atoms with Gasteiger partial charge >= 0.3 is 0 Å². The predicted molar refractivity (Wildman–Crippen MR) is 55.8 cm³/mol. The van der Waals surface area contributed by atoms with Crippen LogP contribution in [0.3, 0.4) is 0 Å².